The summed E-state index contributed by atoms with van der Waals surface area (Å²) in [5, 5.41) is 4.00. The largest absolute Gasteiger partial charge is 0.493 e. The maximum atomic E-state index is 13.0. The standard InChI is InChI=1S/C22H18FIN2O3/c1-28-21-11-16(13-25-26-22(27)17-3-2-4-19(24)12-17)7-10-20(21)29-14-15-5-8-18(23)9-6-15/h2-13H,14H2,1H3,(H,26,27)/b25-13-. The molecule has 0 aliphatic carbocycles. The van der Waals surface area contributed by atoms with Crippen LogP contribution in [0.5, 0.6) is 11.5 Å². The summed E-state index contributed by atoms with van der Waals surface area (Å²) in [5.74, 6) is 0.506. The second kappa shape index (κ2) is 10.0. The predicted octanol–water partition coefficient (Wildman–Crippen LogP) is 4.78. The summed E-state index contributed by atoms with van der Waals surface area (Å²) in [7, 11) is 1.54. The first-order valence-corrected chi connectivity index (χ1v) is 9.77. The van der Waals surface area contributed by atoms with Crippen LogP contribution in [0.15, 0.2) is 71.8 Å². The van der Waals surface area contributed by atoms with Crippen LogP contribution in [0.2, 0.25) is 0 Å². The third kappa shape index (κ3) is 6.02. The van der Waals surface area contributed by atoms with Gasteiger partial charge in [-0.3, -0.25) is 4.79 Å². The van der Waals surface area contributed by atoms with Crippen molar-refractivity contribution in [3.05, 3.63) is 92.8 Å². The van der Waals surface area contributed by atoms with Crippen molar-refractivity contribution in [3.8, 4) is 11.5 Å². The van der Waals surface area contributed by atoms with Crippen LogP contribution in [0, 0.1) is 9.39 Å². The van der Waals surface area contributed by atoms with Gasteiger partial charge in [-0.05, 0) is 82.2 Å². The molecule has 29 heavy (non-hydrogen) atoms. The van der Waals surface area contributed by atoms with Crippen molar-refractivity contribution in [2.24, 2.45) is 5.10 Å². The zero-order chi connectivity index (χ0) is 20.6. The van der Waals surface area contributed by atoms with Gasteiger partial charge in [0.2, 0.25) is 0 Å². The summed E-state index contributed by atoms with van der Waals surface area (Å²) in [5.41, 5.74) is 4.62. The highest BCUT2D eigenvalue weighted by molar-refractivity contribution is 14.1. The van der Waals surface area contributed by atoms with E-state index in [9.17, 15) is 9.18 Å². The molecule has 0 unspecified atom stereocenters. The maximum absolute atomic E-state index is 13.0. The van der Waals surface area contributed by atoms with E-state index in [2.05, 4.69) is 33.1 Å². The normalized spacial score (nSPS) is 10.7. The molecule has 0 spiro atoms. The van der Waals surface area contributed by atoms with Crippen LogP contribution < -0.4 is 14.9 Å². The highest BCUT2D eigenvalue weighted by Crippen LogP contribution is 2.28. The van der Waals surface area contributed by atoms with Gasteiger partial charge in [-0.15, -0.1) is 0 Å². The fraction of sp³-hybridized carbons (Fsp3) is 0.0909. The zero-order valence-corrected chi connectivity index (χ0v) is 17.7. The smallest absolute Gasteiger partial charge is 0.271 e. The molecule has 3 aromatic carbocycles. The van der Waals surface area contributed by atoms with Crippen molar-refractivity contribution in [2.45, 2.75) is 6.61 Å². The van der Waals surface area contributed by atoms with Gasteiger partial charge in [0, 0.05) is 9.13 Å². The van der Waals surface area contributed by atoms with Gasteiger partial charge in [-0.25, -0.2) is 9.82 Å². The van der Waals surface area contributed by atoms with Gasteiger partial charge < -0.3 is 9.47 Å². The Bertz CT molecular complexity index is 1020. The number of nitrogens with zero attached hydrogens (tertiary/aromatic N) is 1. The molecular formula is C22H18FIN2O3. The molecule has 3 rings (SSSR count). The van der Waals surface area contributed by atoms with Crippen LogP contribution in [-0.2, 0) is 6.61 Å². The van der Waals surface area contributed by atoms with Crippen LogP contribution in [-0.4, -0.2) is 19.2 Å². The molecule has 0 aromatic heterocycles. The third-order valence-electron chi connectivity index (χ3n) is 3.96. The number of hydrogen-bond acceptors (Lipinski definition) is 4. The molecule has 3 aromatic rings. The molecule has 1 N–H and O–H groups in total. The monoisotopic (exact) mass is 504 g/mol. The molecule has 0 saturated heterocycles. The Labute approximate surface area is 181 Å². The zero-order valence-electron chi connectivity index (χ0n) is 15.6. The Balaban J connectivity index is 1.62. The van der Waals surface area contributed by atoms with Gasteiger partial charge in [0.1, 0.15) is 12.4 Å². The van der Waals surface area contributed by atoms with E-state index < -0.39 is 0 Å². The molecule has 1 amide bonds. The minimum Gasteiger partial charge on any atom is -0.493 e. The number of hydrogen-bond donors (Lipinski definition) is 1. The molecule has 0 aliphatic heterocycles. The summed E-state index contributed by atoms with van der Waals surface area (Å²) in [4.78, 5) is 12.1. The summed E-state index contributed by atoms with van der Waals surface area (Å²) < 4.78 is 25.1. The van der Waals surface area contributed by atoms with E-state index in [1.807, 2.05) is 12.1 Å². The first-order valence-electron chi connectivity index (χ1n) is 8.69. The lowest BCUT2D eigenvalue weighted by Crippen LogP contribution is -2.17. The highest BCUT2D eigenvalue weighted by atomic mass is 127. The number of nitrogens with one attached hydrogen (secondary N) is 1. The summed E-state index contributed by atoms with van der Waals surface area (Å²) in [6.07, 6.45) is 1.53. The van der Waals surface area contributed by atoms with E-state index in [0.717, 1.165) is 14.7 Å². The van der Waals surface area contributed by atoms with Crippen LogP contribution in [0.1, 0.15) is 21.5 Å². The molecule has 0 radical (unpaired) electrons. The van der Waals surface area contributed by atoms with Gasteiger partial charge in [0.15, 0.2) is 11.5 Å². The average Bonchev–Trinajstić information content (AvgIpc) is 2.73. The fourth-order valence-corrected chi connectivity index (χ4v) is 3.03. The maximum Gasteiger partial charge on any atom is 0.271 e. The van der Waals surface area contributed by atoms with Crippen molar-refractivity contribution in [1.29, 1.82) is 0 Å². The molecule has 0 fully saturated rings. The number of hydrazone groups is 1. The molecule has 148 valence electrons. The summed E-state index contributed by atoms with van der Waals surface area (Å²) in [6, 6.07) is 18.6. The van der Waals surface area contributed by atoms with E-state index in [4.69, 9.17) is 9.47 Å². The number of carbonyl (C=O) groups is 1. The lowest BCUT2D eigenvalue weighted by Gasteiger charge is -2.11. The third-order valence-corrected chi connectivity index (χ3v) is 4.63. The summed E-state index contributed by atoms with van der Waals surface area (Å²) >= 11 is 2.15. The number of rotatable bonds is 7. The first-order chi connectivity index (χ1) is 14.0. The van der Waals surface area contributed by atoms with Crippen LogP contribution >= 0.6 is 22.6 Å². The second-order valence-electron chi connectivity index (χ2n) is 6.03. The Morgan fingerprint density at radius 3 is 2.62 bits per heavy atom. The number of benzene rings is 3. The molecule has 5 nitrogen and oxygen atoms in total. The van der Waals surface area contributed by atoms with E-state index in [1.165, 1.54) is 18.3 Å². The Morgan fingerprint density at radius 1 is 1.10 bits per heavy atom. The number of methoxy groups -OCH3 is 1. The van der Waals surface area contributed by atoms with Crippen molar-refractivity contribution in [1.82, 2.24) is 5.43 Å². The fourth-order valence-electron chi connectivity index (χ4n) is 2.49. The number of ether oxygens (including phenoxy) is 2. The molecular weight excluding hydrogens is 486 g/mol. The Kier molecular flexibility index (Phi) is 7.18. The van der Waals surface area contributed by atoms with Crippen molar-refractivity contribution in [3.63, 3.8) is 0 Å². The number of halogens is 2. The Hall–Kier alpha value is -2.94. The van der Waals surface area contributed by atoms with Gasteiger partial charge in [-0.2, -0.15) is 5.10 Å². The van der Waals surface area contributed by atoms with Crippen LogP contribution in [0.4, 0.5) is 4.39 Å². The minimum atomic E-state index is -0.288. The minimum absolute atomic E-state index is 0.286. The van der Waals surface area contributed by atoms with Gasteiger partial charge >= 0.3 is 0 Å². The molecule has 0 saturated carbocycles. The van der Waals surface area contributed by atoms with Crippen LogP contribution in [0.25, 0.3) is 0 Å². The number of amides is 1. The van der Waals surface area contributed by atoms with Gasteiger partial charge in [0.25, 0.3) is 5.91 Å². The lowest BCUT2D eigenvalue weighted by molar-refractivity contribution is 0.0955. The molecule has 0 aliphatic rings. The number of carbonyl (C=O) groups excluding carboxylic acids is 1. The van der Waals surface area contributed by atoms with Gasteiger partial charge in [0.05, 0.1) is 13.3 Å². The average molecular weight is 504 g/mol. The van der Waals surface area contributed by atoms with E-state index in [-0.39, 0.29) is 18.3 Å². The van der Waals surface area contributed by atoms with Crippen molar-refractivity contribution >= 4 is 34.7 Å². The van der Waals surface area contributed by atoms with E-state index in [0.29, 0.717) is 17.1 Å². The van der Waals surface area contributed by atoms with E-state index in [1.54, 1.807) is 49.6 Å². The molecule has 0 heterocycles. The SMILES string of the molecule is COc1cc(/C=N\NC(=O)c2cccc(I)c2)ccc1OCc1ccc(F)cc1. The lowest BCUT2D eigenvalue weighted by atomic mass is 10.2. The molecule has 7 heteroatoms. The van der Waals surface area contributed by atoms with Gasteiger partial charge in [-0.1, -0.05) is 18.2 Å². The predicted molar refractivity (Wildman–Crippen MR) is 118 cm³/mol. The quantitative estimate of drug-likeness (QED) is 0.286. The first kappa shape index (κ1) is 20.8. The van der Waals surface area contributed by atoms with Crippen molar-refractivity contribution in [2.75, 3.05) is 7.11 Å². The van der Waals surface area contributed by atoms with Crippen LogP contribution in [0.3, 0.4) is 0 Å². The van der Waals surface area contributed by atoms with Crippen molar-refractivity contribution < 1.29 is 18.7 Å². The Morgan fingerprint density at radius 2 is 1.90 bits per heavy atom. The topological polar surface area (TPSA) is 59.9 Å². The van der Waals surface area contributed by atoms with E-state index >= 15 is 0 Å². The highest BCUT2D eigenvalue weighted by Gasteiger charge is 2.07. The second-order valence-corrected chi connectivity index (χ2v) is 7.28. The molecule has 0 bridgehead atoms. The summed E-state index contributed by atoms with van der Waals surface area (Å²) in [6.45, 7) is 0.288. The molecule has 0 atom stereocenters.